The maximum absolute atomic E-state index is 13.0. The first-order valence-corrected chi connectivity index (χ1v) is 28.8. The lowest BCUT2D eigenvalue weighted by atomic mass is 10.1. The van der Waals surface area contributed by atoms with Crippen molar-refractivity contribution in [3.8, 4) is 23.0 Å². The van der Waals surface area contributed by atoms with Gasteiger partial charge < -0.3 is 107 Å². The van der Waals surface area contributed by atoms with E-state index >= 15 is 0 Å². The minimum Gasteiger partial charge on any atom is -0.503 e. The van der Waals surface area contributed by atoms with Crippen LogP contribution in [-0.2, 0) is 61.1 Å². The molecule has 102 heavy (non-hydrogen) atoms. The van der Waals surface area contributed by atoms with Crippen molar-refractivity contribution < 1.29 is 116 Å². The Morgan fingerprint density at radius 1 is 0.539 bits per heavy atom. The summed E-state index contributed by atoms with van der Waals surface area (Å²) in [5.41, 5.74) is -5.47. The number of rotatable bonds is 17. The molecule has 4 fully saturated rings. The van der Waals surface area contributed by atoms with Crippen LogP contribution in [0.3, 0.4) is 0 Å². The number of carbonyl (C=O) groups excluding carboxylic acids is 5. The van der Waals surface area contributed by atoms with Crippen LogP contribution < -0.4 is 41.2 Å². The molecule has 0 unspecified atom stereocenters. The molecule has 566 valence electrons. The number of carboxylic acid groups (broad SMARTS) is 3. The number of aromatic hydroxyl groups is 1. The first kappa shape index (κ1) is 89.7. The van der Waals surface area contributed by atoms with Crippen molar-refractivity contribution in [3.05, 3.63) is 146 Å². The van der Waals surface area contributed by atoms with Gasteiger partial charge in [-0.1, -0.05) is 64.1 Å². The lowest BCUT2D eigenvalue weighted by Crippen LogP contribution is -2.57. The number of hydrogen-bond donors (Lipinski definition) is 7. The third-order valence-electron chi connectivity index (χ3n) is 16.3. The highest BCUT2D eigenvalue weighted by Gasteiger charge is 2.49. The molecule has 34 nitrogen and oxygen atoms in total. The summed E-state index contributed by atoms with van der Waals surface area (Å²) in [7, 11) is 8.44. The normalized spacial score (nSPS) is 17.9. The van der Waals surface area contributed by atoms with E-state index in [2.05, 4.69) is 14.8 Å². The molecule has 0 radical (unpaired) electrons. The number of nitrogens with zero attached hydrogens (tertiary/aromatic N) is 6. The van der Waals surface area contributed by atoms with Crippen molar-refractivity contribution >= 4 is 47.6 Å². The average Bonchev–Trinajstić information content (AvgIpc) is 1.31. The number of amides is 3. The van der Waals surface area contributed by atoms with Gasteiger partial charge in [-0.2, -0.15) is 0 Å². The Bertz CT molecular complexity index is 4110. The fourth-order valence-corrected chi connectivity index (χ4v) is 11.9. The molecule has 35 heteroatoms. The molecule has 2 aliphatic carbocycles. The number of methoxy groups -OCH3 is 7. The van der Waals surface area contributed by atoms with E-state index in [0.29, 0.717) is 12.1 Å². The predicted octanol–water partition coefficient (Wildman–Crippen LogP) is 4.71. The highest BCUT2D eigenvalue weighted by atomic mass is 19.1. The van der Waals surface area contributed by atoms with Crippen molar-refractivity contribution in [2.45, 2.75) is 173 Å². The van der Waals surface area contributed by atoms with Crippen LogP contribution in [0.25, 0.3) is 0 Å². The molecular weight excluding hydrogens is 1350 g/mol. The van der Waals surface area contributed by atoms with Gasteiger partial charge in [0, 0.05) is 57.6 Å². The van der Waals surface area contributed by atoms with Crippen LogP contribution in [0.1, 0.15) is 179 Å². The number of fused-ring (bicyclic) bond motifs is 10. The van der Waals surface area contributed by atoms with Gasteiger partial charge in [-0.25, -0.2) is 28.4 Å². The summed E-state index contributed by atoms with van der Waals surface area (Å²) in [6.07, 6.45) is 6.14. The maximum Gasteiger partial charge on any atom is 0.358 e. The summed E-state index contributed by atoms with van der Waals surface area (Å²) in [5, 5.41) is 58.2. The molecular formula is C67H94FN7O27. The summed E-state index contributed by atoms with van der Waals surface area (Å²) in [6.45, 7) is 0.0315. The van der Waals surface area contributed by atoms with Crippen LogP contribution in [0, 0.1) is 5.82 Å². The number of aromatic nitrogens is 4. The van der Waals surface area contributed by atoms with Gasteiger partial charge in [0.15, 0.2) is 70.8 Å². The van der Waals surface area contributed by atoms with Crippen molar-refractivity contribution in [2.75, 3.05) is 49.8 Å². The number of carboxylic acids is 3. The van der Waals surface area contributed by atoms with E-state index in [1.165, 1.54) is 71.7 Å². The van der Waals surface area contributed by atoms with Crippen molar-refractivity contribution in [1.29, 1.82) is 0 Å². The van der Waals surface area contributed by atoms with E-state index < -0.39 is 135 Å². The molecule has 7 N–H and O–H groups in total. The first-order valence-electron chi connectivity index (χ1n) is 28.8. The Morgan fingerprint density at radius 3 is 1.33 bits per heavy atom. The minimum absolute atomic E-state index is 0. The average molecular weight is 1450 g/mol. The van der Waals surface area contributed by atoms with Crippen LogP contribution >= 0.6 is 0 Å². The van der Waals surface area contributed by atoms with Crippen molar-refractivity contribution in [3.63, 3.8) is 0 Å². The van der Waals surface area contributed by atoms with Gasteiger partial charge >= 0.3 is 29.8 Å². The topological polar surface area (TPSA) is 448 Å². The van der Waals surface area contributed by atoms with E-state index in [4.69, 9.17) is 53.6 Å². The molecule has 4 bridgehead atoms. The maximum atomic E-state index is 13.0. The molecule has 3 amide bonds. The SMILES string of the molecule is C.C.C.C.C.C.C.COC(=O)c1c(OC)c(=O)c(C(=O)O)cn1CC(O)O.COC(=O)c1c(OC)c(=O)c(C(=O)O)cn1CC(OC)OC.COc1c2n(cc(C(=O)O)c1=O)C[C@@H]1O[C@H]3CC[C@H](C3)N1C2=O.O=C(NCc1ccc(F)cc1)c1cn2c(c(O)c1=O)C(=O)N1[C@@H]3CC[C@@H](C3)O[C@H]1C2. The highest BCUT2D eigenvalue weighted by Crippen LogP contribution is 2.40. The van der Waals surface area contributed by atoms with Crippen LogP contribution in [-0.4, -0.2) is 205 Å². The molecule has 11 rings (SSSR count). The fraction of sp³-hybridized carbons (Fsp3) is 0.493. The summed E-state index contributed by atoms with van der Waals surface area (Å²) in [6, 6.07) is 5.75. The number of aliphatic hydroxyl groups is 2. The first-order chi connectivity index (χ1) is 45.2. The van der Waals surface area contributed by atoms with E-state index in [1.54, 1.807) is 9.80 Å². The number of aliphatic hydroxyl groups excluding tert-OH is 1. The van der Waals surface area contributed by atoms with Gasteiger partial charge in [-0.15, -0.1) is 0 Å². The second kappa shape index (κ2) is 37.9. The number of aromatic carboxylic acids is 3. The van der Waals surface area contributed by atoms with E-state index in [1.807, 2.05) is 0 Å². The van der Waals surface area contributed by atoms with Crippen molar-refractivity contribution in [2.24, 2.45) is 0 Å². The number of nitrogens with one attached hydrogen (secondary N) is 1. The Morgan fingerprint density at radius 2 is 0.931 bits per heavy atom. The second-order valence-corrected chi connectivity index (χ2v) is 21.8. The Labute approximate surface area is 586 Å². The van der Waals surface area contributed by atoms with Crippen LogP contribution in [0.4, 0.5) is 4.39 Å². The molecule has 8 heterocycles. The Balaban J connectivity index is 0.000000673. The third kappa shape index (κ3) is 18.2. The van der Waals surface area contributed by atoms with Crippen molar-refractivity contribution in [1.82, 2.24) is 33.4 Å². The largest absolute Gasteiger partial charge is 0.503 e. The fourth-order valence-electron chi connectivity index (χ4n) is 11.9. The number of pyridine rings is 4. The quantitative estimate of drug-likeness (QED) is 0.0489. The summed E-state index contributed by atoms with van der Waals surface area (Å²) < 4.78 is 63.7. The second-order valence-electron chi connectivity index (χ2n) is 21.8. The molecule has 5 aromatic rings. The van der Waals surface area contributed by atoms with E-state index in [9.17, 15) is 72.1 Å². The monoisotopic (exact) mass is 1450 g/mol. The number of ether oxygens (including phenoxy) is 9. The molecule has 6 aliphatic rings. The van der Waals surface area contributed by atoms with Gasteiger partial charge in [-0.3, -0.25) is 33.6 Å². The molecule has 4 aliphatic heterocycles. The molecule has 2 saturated carbocycles. The smallest absolute Gasteiger partial charge is 0.358 e. The lowest BCUT2D eigenvalue weighted by molar-refractivity contribution is -0.132. The van der Waals surface area contributed by atoms with Crippen LogP contribution in [0.5, 0.6) is 23.0 Å². The van der Waals surface area contributed by atoms with E-state index in [-0.39, 0.29) is 136 Å². The molecule has 1 aromatic carbocycles. The zero-order valence-electron chi connectivity index (χ0n) is 51.8. The summed E-state index contributed by atoms with van der Waals surface area (Å²) in [4.78, 5) is 148. The van der Waals surface area contributed by atoms with Gasteiger partial charge in [0.1, 0.15) is 28.1 Å². The highest BCUT2D eigenvalue weighted by molar-refractivity contribution is 6.00. The minimum atomic E-state index is -1.87. The standard InChI is InChI=1S/C21H20FN3O5.C15H16N2O6.C13H17NO8.C11H13NO8.7CH4/c22-12-3-1-11(2-4-12)8-23-20(28)15-9-24-10-16-25(13-5-6-14(7-13)30-16)21(29)17(24)19(27)18(15)26;1-22-13-11-14(19)17-7-2-3-8(4-7)23-10(17)6-16(11)5-9(12(13)18)15(20)21;1-19-8(20-2)6-14-5-7(12(16)17)10(15)11(21-3)9(14)13(18)22-4;1-19-9-7(11(18)20-2)12(4-6(13)14)3-5(8(9)15)10(16)17;;;;;;;/h1-4,9,13-14,16,27H,5-8,10H2,(H,23,28);5,7-8,10H,2-4,6H2,1H3,(H,20,21);5,8H,6H2,1-4H3,(H,16,17);3,6,13-14H,4H2,1-2H3,(H,16,17);7*1H4/t13-,14+,16+;7-,8+,10+;;;;;;;;;/m11........./s1. The molecule has 0 spiro atoms. The van der Waals surface area contributed by atoms with Gasteiger partial charge in [0.05, 0.1) is 73.9 Å². The zero-order chi connectivity index (χ0) is 69.6. The van der Waals surface area contributed by atoms with Crippen LogP contribution in [0.15, 0.2) is 68.2 Å². The van der Waals surface area contributed by atoms with Gasteiger partial charge in [0.2, 0.25) is 21.7 Å². The van der Waals surface area contributed by atoms with Crippen LogP contribution in [0.2, 0.25) is 0 Å². The molecule has 4 aromatic heterocycles. The zero-order valence-corrected chi connectivity index (χ0v) is 51.8. The third-order valence-corrected chi connectivity index (χ3v) is 16.3. The van der Waals surface area contributed by atoms with E-state index in [0.717, 1.165) is 83.9 Å². The molecule has 6 atom stereocenters. The number of hydrogen-bond acceptors (Lipinski definition) is 24. The molecule has 2 saturated heterocycles. The van der Waals surface area contributed by atoms with Gasteiger partial charge in [-0.05, 0) is 56.2 Å². The number of carbonyl (C=O) groups is 8. The van der Waals surface area contributed by atoms with Gasteiger partial charge in [0.25, 0.3) is 17.7 Å². The summed E-state index contributed by atoms with van der Waals surface area (Å²) >= 11 is 0. The Hall–Kier alpha value is -10.3. The summed E-state index contributed by atoms with van der Waals surface area (Å²) in [5.74, 6) is -9.92. The Kier molecular flexibility index (Phi) is 33.3. The number of halogens is 1. The lowest BCUT2D eigenvalue weighted by Gasteiger charge is -2.44. The number of benzene rings is 1. The predicted molar refractivity (Wildman–Crippen MR) is 363 cm³/mol. The number of esters is 2.